The summed E-state index contributed by atoms with van der Waals surface area (Å²) < 4.78 is 40.3. The van der Waals surface area contributed by atoms with Gasteiger partial charge in [-0.1, -0.05) is 12.1 Å². The smallest absolute Gasteiger partial charge is 0.416 e. The summed E-state index contributed by atoms with van der Waals surface area (Å²) in [7, 11) is 1.98. The van der Waals surface area contributed by atoms with Gasteiger partial charge in [0, 0.05) is 49.7 Å². The molecule has 4 rings (SSSR count). The molecule has 0 saturated carbocycles. The first kappa shape index (κ1) is 18.6. The van der Waals surface area contributed by atoms with Gasteiger partial charge in [0.05, 0.1) is 11.1 Å². The monoisotopic (exact) mass is 388 g/mol. The third-order valence-electron chi connectivity index (χ3n) is 5.42. The highest BCUT2D eigenvalue weighted by Gasteiger charge is 2.30. The number of aryl methyl sites for hydroxylation is 1. The number of carbonyl (C=O) groups is 1. The highest BCUT2D eigenvalue weighted by molar-refractivity contribution is 5.95. The molecule has 0 spiro atoms. The number of carboxylic acids is 1. The summed E-state index contributed by atoms with van der Waals surface area (Å²) in [6.07, 6.45) is -3.52. The van der Waals surface area contributed by atoms with Gasteiger partial charge in [0.25, 0.3) is 0 Å². The van der Waals surface area contributed by atoms with Crippen LogP contribution in [-0.2, 0) is 32.7 Å². The zero-order chi connectivity index (χ0) is 20.1. The van der Waals surface area contributed by atoms with Crippen LogP contribution in [0.1, 0.15) is 32.7 Å². The molecule has 2 heterocycles. The number of aromatic nitrogens is 1. The third-order valence-corrected chi connectivity index (χ3v) is 5.42. The van der Waals surface area contributed by atoms with Gasteiger partial charge < -0.3 is 9.67 Å². The van der Waals surface area contributed by atoms with Gasteiger partial charge in [-0.05, 0) is 41.5 Å². The van der Waals surface area contributed by atoms with Crippen LogP contribution in [0.25, 0.3) is 10.9 Å². The van der Waals surface area contributed by atoms with Crippen LogP contribution < -0.4 is 0 Å². The van der Waals surface area contributed by atoms with Crippen LogP contribution in [0.15, 0.2) is 42.5 Å². The normalized spacial score (nSPS) is 15.0. The molecule has 3 aromatic rings. The fourth-order valence-electron chi connectivity index (χ4n) is 3.96. The highest BCUT2D eigenvalue weighted by atomic mass is 19.4. The molecule has 28 heavy (non-hydrogen) atoms. The van der Waals surface area contributed by atoms with Gasteiger partial charge >= 0.3 is 12.1 Å². The van der Waals surface area contributed by atoms with Crippen molar-refractivity contribution in [2.75, 3.05) is 6.54 Å². The van der Waals surface area contributed by atoms with E-state index < -0.39 is 17.7 Å². The molecule has 1 N–H and O–H groups in total. The first-order chi connectivity index (χ1) is 13.2. The quantitative estimate of drug-likeness (QED) is 0.721. The average molecular weight is 388 g/mol. The molecular formula is C21H19F3N2O2. The maximum Gasteiger partial charge on any atom is 0.416 e. The van der Waals surface area contributed by atoms with Crippen molar-refractivity contribution in [3.05, 3.63) is 70.4 Å². The Bertz CT molecular complexity index is 1050. The first-order valence-electron chi connectivity index (χ1n) is 8.96. The van der Waals surface area contributed by atoms with Crippen LogP contribution >= 0.6 is 0 Å². The van der Waals surface area contributed by atoms with Gasteiger partial charge in [-0.25, -0.2) is 4.79 Å². The Morgan fingerprint density at radius 2 is 1.86 bits per heavy atom. The molecule has 1 aliphatic rings. The van der Waals surface area contributed by atoms with Gasteiger partial charge in [0.1, 0.15) is 0 Å². The van der Waals surface area contributed by atoms with E-state index in [-0.39, 0.29) is 5.56 Å². The second kappa shape index (κ2) is 6.67. The summed E-state index contributed by atoms with van der Waals surface area (Å²) in [5.74, 6) is -0.961. The maximum atomic E-state index is 12.7. The minimum Gasteiger partial charge on any atom is -0.478 e. The summed E-state index contributed by atoms with van der Waals surface area (Å²) in [6, 6.07) is 10.4. The zero-order valence-electron chi connectivity index (χ0n) is 15.3. The van der Waals surface area contributed by atoms with Crippen molar-refractivity contribution >= 4 is 16.9 Å². The van der Waals surface area contributed by atoms with Gasteiger partial charge in [-0.3, -0.25) is 4.90 Å². The molecule has 2 aromatic carbocycles. The Balaban J connectivity index is 1.60. The lowest BCUT2D eigenvalue weighted by Crippen LogP contribution is -2.30. The van der Waals surface area contributed by atoms with E-state index in [1.807, 2.05) is 13.1 Å². The molecule has 0 unspecified atom stereocenters. The molecular weight excluding hydrogens is 369 g/mol. The van der Waals surface area contributed by atoms with Crippen LogP contribution in [-0.4, -0.2) is 27.1 Å². The summed E-state index contributed by atoms with van der Waals surface area (Å²) in [5.41, 5.74) is 3.70. The van der Waals surface area contributed by atoms with E-state index in [0.29, 0.717) is 13.1 Å². The van der Waals surface area contributed by atoms with Crippen LogP contribution in [0.3, 0.4) is 0 Å². The molecule has 0 aliphatic carbocycles. The maximum absolute atomic E-state index is 12.7. The van der Waals surface area contributed by atoms with Crippen molar-refractivity contribution in [3.63, 3.8) is 0 Å². The standard InChI is InChI=1S/C21H19F3N2O2/c1-25-18-7-4-14(20(27)28)10-16(18)17-12-26(9-8-19(17)25)11-13-2-5-15(6-3-13)21(22,23)24/h2-7,10H,8-9,11-12H2,1H3,(H,27,28). The summed E-state index contributed by atoms with van der Waals surface area (Å²) >= 11 is 0. The van der Waals surface area contributed by atoms with Crippen molar-refractivity contribution < 1.29 is 23.1 Å². The van der Waals surface area contributed by atoms with Crippen LogP contribution in [0.5, 0.6) is 0 Å². The predicted octanol–water partition coefficient (Wildman–Crippen LogP) is 4.45. The summed E-state index contributed by atoms with van der Waals surface area (Å²) in [6.45, 7) is 1.98. The number of hydrogen-bond donors (Lipinski definition) is 1. The summed E-state index contributed by atoms with van der Waals surface area (Å²) in [5, 5.41) is 10.2. The molecule has 146 valence electrons. The number of nitrogens with zero attached hydrogens (tertiary/aromatic N) is 2. The Morgan fingerprint density at radius 3 is 2.50 bits per heavy atom. The number of carboxylic acid groups (broad SMARTS) is 1. The van der Waals surface area contributed by atoms with Crippen molar-refractivity contribution in [1.29, 1.82) is 0 Å². The highest BCUT2D eigenvalue weighted by Crippen LogP contribution is 2.32. The fraction of sp³-hybridized carbons (Fsp3) is 0.286. The van der Waals surface area contributed by atoms with Crippen molar-refractivity contribution in [2.24, 2.45) is 7.05 Å². The molecule has 0 saturated heterocycles. The number of aromatic carboxylic acids is 1. The lowest BCUT2D eigenvalue weighted by molar-refractivity contribution is -0.137. The Hall–Kier alpha value is -2.80. The topological polar surface area (TPSA) is 45.5 Å². The first-order valence-corrected chi connectivity index (χ1v) is 8.96. The average Bonchev–Trinajstić information content (AvgIpc) is 2.93. The fourth-order valence-corrected chi connectivity index (χ4v) is 3.96. The van der Waals surface area contributed by atoms with Crippen LogP contribution in [0.4, 0.5) is 13.2 Å². The SMILES string of the molecule is Cn1c2c(c3cc(C(=O)O)ccc31)CN(Cc1ccc(C(F)(F)F)cc1)CC2. The van der Waals surface area contributed by atoms with Gasteiger partial charge in [0.2, 0.25) is 0 Å². The Kier molecular flexibility index (Phi) is 4.42. The second-order valence-electron chi connectivity index (χ2n) is 7.18. The lowest BCUT2D eigenvalue weighted by Gasteiger charge is -2.28. The van der Waals surface area contributed by atoms with Gasteiger partial charge in [-0.15, -0.1) is 0 Å². The molecule has 0 bridgehead atoms. The molecule has 0 atom stereocenters. The molecule has 1 aliphatic heterocycles. The molecule has 0 amide bonds. The molecule has 0 radical (unpaired) electrons. The van der Waals surface area contributed by atoms with E-state index in [4.69, 9.17) is 0 Å². The number of benzene rings is 2. The molecule has 7 heteroatoms. The lowest BCUT2D eigenvalue weighted by atomic mass is 10.0. The third kappa shape index (κ3) is 3.26. The number of alkyl halides is 3. The molecule has 4 nitrogen and oxygen atoms in total. The van der Waals surface area contributed by atoms with Gasteiger partial charge in [0.15, 0.2) is 0 Å². The zero-order valence-corrected chi connectivity index (χ0v) is 15.3. The van der Waals surface area contributed by atoms with Crippen molar-refractivity contribution in [3.8, 4) is 0 Å². The Labute approximate surface area is 159 Å². The Morgan fingerprint density at radius 1 is 1.14 bits per heavy atom. The number of rotatable bonds is 3. The van der Waals surface area contributed by atoms with Crippen LogP contribution in [0, 0.1) is 0 Å². The van der Waals surface area contributed by atoms with E-state index >= 15 is 0 Å². The number of fused-ring (bicyclic) bond motifs is 3. The van der Waals surface area contributed by atoms with E-state index in [1.54, 1.807) is 12.1 Å². The van der Waals surface area contributed by atoms with Crippen molar-refractivity contribution in [2.45, 2.75) is 25.7 Å². The van der Waals surface area contributed by atoms with Crippen LogP contribution in [0.2, 0.25) is 0 Å². The second-order valence-corrected chi connectivity index (χ2v) is 7.18. The minimum absolute atomic E-state index is 0.251. The number of hydrogen-bond acceptors (Lipinski definition) is 2. The minimum atomic E-state index is -4.33. The van der Waals surface area contributed by atoms with E-state index in [0.717, 1.165) is 47.1 Å². The van der Waals surface area contributed by atoms with E-state index in [9.17, 15) is 23.1 Å². The number of halogens is 3. The summed E-state index contributed by atoms with van der Waals surface area (Å²) in [4.78, 5) is 13.5. The largest absolute Gasteiger partial charge is 0.478 e. The predicted molar refractivity (Wildman–Crippen MR) is 99.1 cm³/mol. The van der Waals surface area contributed by atoms with Crippen molar-refractivity contribution in [1.82, 2.24) is 9.47 Å². The van der Waals surface area contributed by atoms with E-state index in [1.165, 1.54) is 17.8 Å². The molecule has 1 aromatic heterocycles. The molecule has 0 fully saturated rings. The van der Waals surface area contributed by atoms with Gasteiger partial charge in [-0.2, -0.15) is 13.2 Å². The van der Waals surface area contributed by atoms with E-state index in [2.05, 4.69) is 9.47 Å².